The first-order valence-corrected chi connectivity index (χ1v) is 8.92. The predicted octanol–water partition coefficient (Wildman–Crippen LogP) is 4.67. The molecule has 0 heterocycles. The Labute approximate surface area is 156 Å². The Kier molecular flexibility index (Phi) is 6.19. The molecule has 0 radical (unpaired) electrons. The minimum Gasteiger partial charge on any atom is -0.326 e. The van der Waals surface area contributed by atoms with Crippen LogP contribution in [0.4, 0.5) is 11.4 Å². The van der Waals surface area contributed by atoms with Crippen molar-refractivity contribution < 1.29 is 9.59 Å². The lowest BCUT2D eigenvalue weighted by Crippen LogP contribution is -2.32. The molecule has 0 bridgehead atoms. The molecule has 4 heteroatoms. The number of hydrogen-bond donors (Lipinski definition) is 1. The lowest BCUT2D eigenvalue weighted by atomic mass is 9.86. The van der Waals surface area contributed by atoms with Gasteiger partial charge in [0.1, 0.15) is 0 Å². The molecular formula is C22H28N2O2. The van der Waals surface area contributed by atoms with Gasteiger partial charge in [-0.05, 0) is 36.1 Å². The molecule has 0 atom stereocenters. The number of carbonyl (C=O) groups excluding carboxylic acids is 2. The largest absolute Gasteiger partial charge is 0.326 e. The maximum atomic E-state index is 12.5. The third-order valence-corrected chi connectivity index (χ3v) is 4.30. The highest BCUT2D eigenvalue weighted by Gasteiger charge is 2.19. The van der Waals surface area contributed by atoms with Crippen molar-refractivity contribution in [1.82, 2.24) is 0 Å². The van der Waals surface area contributed by atoms with Crippen LogP contribution in [0.3, 0.4) is 0 Å². The minimum absolute atomic E-state index is 0.0583. The highest BCUT2D eigenvalue weighted by molar-refractivity contribution is 5.95. The Morgan fingerprint density at radius 2 is 1.62 bits per heavy atom. The number of hydrogen-bond acceptors (Lipinski definition) is 2. The second kappa shape index (κ2) is 8.17. The molecule has 2 aromatic carbocycles. The van der Waals surface area contributed by atoms with E-state index in [1.165, 1.54) is 6.92 Å². The van der Waals surface area contributed by atoms with Crippen LogP contribution in [0.2, 0.25) is 0 Å². The summed E-state index contributed by atoms with van der Waals surface area (Å²) in [5.41, 5.74) is 3.81. The molecule has 0 aromatic heterocycles. The zero-order valence-corrected chi connectivity index (χ0v) is 16.3. The number of aryl methyl sites for hydroxylation is 1. The Hall–Kier alpha value is -2.62. The molecule has 0 aliphatic heterocycles. The van der Waals surface area contributed by atoms with Gasteiger partial charge in [0.15, 0.2) is 0 Å². The Bertz CT molecular complexity index is 773. The molecule has 0 fully saturated rings. The summed E-state index contributed by atoms with van der Waals surface area (Å²) >= 11 is 0. The summed E-state index contributed by atoms with van der Waals surface area (Å²) in [5.74, 6) is -0.170. The fourth-order valence-corrected chi connectivity index (χ4v) is 2.87. The van der Waals surface area contributed by atoms with Gasteiger partial charge in [-0.1, -0.05) is 56.7 Å². The highest BCUT2D eigenvalue weighted by atomic mass is 16.2. The quantitative estimate of drug-likeness (QED) is 0.850. The van der Waals surface area contributed by atoms with Crippen molar-refractivity contribution >= 4 is 23.2 Å². The molecule has 0 unspecified atom stereocenters. The normalized spacial score (nSPS) is 11.1. The molecule has 26 heavy (non-hydrogen) atoms. The van der Waals surface area contributed by atoms with Gasteiger partial charge in [0.05, 0.1) is 0 Å². The van der Waals surface area contributed by atoms with Gasteiger partial charge in [-0.2, -0.15) is 0 Å². The number of rotatable bonds is 5. The minimum atomic E-state index is -0.0972. The number of nitrogens with zero attached hydrogens (tertiary/aromatic N) is 1. The summed E-state index contributed by atoms with van der Waals surface area (Å²) in [7, 11) is 0. The number of para-hydroxylation sites is 1. The molecule has 0 saturated heterocycles. The third kappa shape index (κ3) is 5.19. The highest BCUT2D eigenvalue weighted by Crippen LogP contribution is 2.29. The second-order valence-electron chi connectivity index (χ2n) is 7.60. The summed E-state index contributed by atoms with van der Waals surface area (Å²) in [6, 6.07) is 15.6. The third-order valence-electron chi connectivity index (χ3n) is 4.30. The van der Waals surface area contributed by atoms with E-state index in [4.69, 9.17) is 0 Å². The van der Waals surface area contributed by atoms with E-state index in [-0.39, 0.29) is 23.7 Å². The summed E-state index contributed by atoms with van der Waals surface area (Å²) in [6.07, 6.45) is 0.242. The summed E-state index contributed by atoms with van der Waals surface area (Å²) in [6.45, 7) is 10.2. The van der Waals surface area contributed by atoms with Crippen LogP contribution in [0, 0.1) is 6.92 Å². The van der Waals surface area contributed by atoms with Gasteiger partial charge in [-0.15, -0.1) is 0 Å². The van der Waals surface area contributed by atoms with Crippen LogP contribution >= 0.6 is 0 Å². The summed E-state index contributed by atoms with van der Waals surface area (Å²) < 4.78 is 0. The fourth-order valence-electron chi connectivity index (χ4n) is 2.87. The van der Waals surface area contributed by atoms with Crippen molar-refractivity contribution in [2.75, 3.05) is 16.8 Å². The number of anilines is 2. The maximum absolute atomic E-state index is 12.5. The average Bonchev–Trinajstić information content (AvgIpc) is 2.56. The smallest absolute Gasteiger partial charge is 0.226 e. The van der Waals surface area contributed by atoms with Crippen LogP contribution in [-0.4, -0.2) is 18.4 Å². The van der Waals surface area contributed by atoms with Crippen molar-refractivity contribution in [3.05, 3.63) is 59.7 Å². The Morgan fingerprint density at radius 1 is 1.00 bits per heavy atom. The van der Waals surface area contributed by atoms with Gasteiger partial charge in [0, 0.05) is 31.3 Å². The lowest BCUT2D eigenvalue weighted by Gasteiger charge is -2.24. The fraction of sp³-hybridized carbons (Fsp3) is 0.364. The molecule has 2 rings (SSSR count). The zero-order valence-electron chi connectivity index (χ0n) is 16.3. The molecular weight excluding hydrogens is 324 g/mol. The number of amides is 2. The molecule has 1 N–H and O–H groups in total. The lowest BCUT2D eigenvalue weighted by molar-refractivity contribution is -0.117. The van der Waals surface area contributed by atoms with Crippen molar-refractivity contribution in [2.24, 2.45) is 0 Å². The monoisotopic (exact) mass is 352 g/mol. The van der Waals surface area contributed by atoms with Crippen LogP contribution < -0.4 is 10.2 Å². The summed E-state index contributed by atoms with van der Waals surface area (Å²) in [4.78, 5) is 26.1. The molecule has 0 aliphatic carbocycles. The molecule has 0 spiro atoms. The summed E-state index contributed by atoms with van der Waals surface area (Å²) in [5, 5.41) is 3.00. The van der Waals surface area contributed by atoms with E-state index in [0.717, 1.165) is 22.5 Å². The van der Waals surface area contributed by atoms with Crippen LogP contribution in [0.25, 0.3) is 0 Å². The SMILES string of the molecule is CC(=O)N(CCC(=O)Nc1ccccc1C(C)(C)C)c1ccc(C)cc1. The van der Waals surface area contributed by atoms with Gasteiger partial charge in [0.2, 0.25) is 11.8 Å². The topological polar surface area (TPSA) is 49.4 Å². The van der Waals surface area contributed by atoms with Gasteiger partial charge >= 0.3 is 0 Å². The van der Waals surface area contributed by atoms with Gasteiger partial charge in [-0.25, -0.2) is 0 Å². The van der Waals surface area contributed by atoms with E-state index in [2.05, 4.69) is 26.1 Å². The molecule has 138 valence electrons. The molecule has 0 aliphatic rings. The number of benzene rings is 2. The van der Waals surface area contributed by atoms with E-state index < -0.39 is 0 Å². The number of carbonyl (C=O) groups is 2. The second-order valence-corrected chi connectivity index (χ2v) is 7.60. The first-order valence-electron chi connectivity index (χ1n) is 8.92. The van der Waals surface area contributed by atoms with Crippen molar-refractivity contribution in [2.45, 2.75) is 46.5 Å². The van der Waals surface area contributed by atoms with E-state index in [9.17, 15) is 9.59 Å². The molecule has 2 amide bonds. The van der Waals surface area contributed by atoms with Gasteiger partial charge in [0.25, 0.3) is 0 Å². The zero-order chi connectivity index (χ0) is 19.3. The van der Waals surface area contributed by atoms with E-state index >= 15 is 0 Å². The van der Waals surface area contributed by atoms with Crippen LogP contribution in [0.5, 0.6) is 0 Å². The molecule has 4 nitrogen and oxygen atoms in total. The first kappa shape index (κ1) is 19.7. The first-order chi connectivity index (χ1) is 12.2. The van der Waals surface area contributed by atoms with Crippen molar-refractivity contribution in [3.8, 4) is 0 Å². The predicted molar refractivity (Wildman–Crippen MR) is 108 cm³/mol. The van der Waals surface area contributed by atoms with Crippen molar-refractivity contribution in [1.29, 1.82) is 0 Å². The van der Waals surface area contributed by atoms with Crippen LogP contribution in [0.15, 0.2) is 48.5 Å². The van der Waals surface area contributed by atoms with Crippen LogP contribution in [-0.2, 0) is 15.0 Å². The van der Waals surface area contributed by atoms with Crippen LogP contribution in [0.1, 0.15) is 45.2 Å². The molecule has 0 saturated carbocycles. The van der Waals surface area contributed by atoms with Gasteiger partial charge in [-0.3, -0.25) is 9.59 Å². The Morgan fingerprint density at radius 3 is 2.19 bits per heavy atom. The average molecular weight is 352 g/mol. The number of nitrogens with one attached hydrogen (secondary N) is 1. The molecule has 2 aromatic rings. The Balaban J connectivity index is 2.06. The van der Waals surface area contributed by atoms with E-state index in [1.807, 2.05) is 55.5 Å². The maximum Gasteiger partial charge on any atom is 0.226 e. The standard InChI is InChI=1S/C22H28N2O2/c1-16-10-12-18(13-11-16)24(17(2)25)15-14-21(26)23-20-9-7-6-8-19(20)22(3,4)5/h6-13H,14-15H2,1-5H3,(H,23,26). The van der Waals surface area contributed by atoms with Crippen molar-refractivity contribution in [3.63, 3.8) is 0 Å². The van der Waals surface area contributed by atoms with E-state index in [1.54, 1.807) is 4.90 Å². The van der Waals surface area contributed by atoms with Gasteiger partial charge < -0.3 is 10.2 Å². The van der Waals surface area contributed by atoms with E-state index in [0.29, 0.717) is 6.54 Å².